The molecule has 0 radical (unpaired) electrons. The molecule has 3 N–H and O–H groups in total. The normalized spacial score (nSPS) is 11.6. The molecular formula is C13H24N4O. The summed E-state index contributed by atoms with van der Waals surface area (Å²) in [5.41, 5.74) is 8.34. The lowest BCUT2D eigenvalue weighted by Gasteiger charge is -2.18. The Bertz CT molecular complexity index is 429. The van der Waals surface area contributed by atoms with E-state index in [1.165, 1.54) is 0 Å². The lowest BCUT2D eigenvalue weighted by atomic mass is 9.92. The highest BCUT2D eigenvalue weighted by atomic mass is 16.2. The van der Waals surface area contributed by atoms with Gasteiger partial charge in [-0.3, -0.25) is 9.48 Å². The molecular weight excluding hydrogens is 228 g/mol. The smallest absolute Gasteiger partial charge is 0.241 e. The number of nitrogen functional groups attached to an aromatic ring is 1. The van der Waals surface area contributed by atoms with E-state index in [1.54, 1.807) is 4.68 Å². The number of amides is 1. The van der Waals surface area contributed by atoms with Crippen LogP contribution < -0.4 is 11.1 Å². The number of hydrogen-bond donors (Lipinski definition) is 2. The van der Waals surface area contributed by atoms with Crippen molar-refractivity contribution in [1.82, 2.24) is 15.1 Å². The summed E-state index contributed by atoms with van der Waals surface area (Å²) in [6, 6.07) is 0. The molecule has 18 heavy (non-hydrogen) atoms. The van der Waals surface area contributed by atoms with E-state index >= 15 is 0 Å². The Balaban J connectivity index is 2.48. The highest BCUT2D eigenvalue weighted by molar-refractivity contribution is 5.75. The Morgan fingerprint density at radius 3 is 2.44 bits per heavy atom. The monoisotopic (exact) mass is 252 g/mol. The van der Waals surface area contributed by atoms with Crippen molar-refractivity contribution in [2.24, 2.45) is 5.41 Å². The van der Waals surface area contributed by atoms with Crippen molar-refractivity contribution in [2.45, 2.75) is 47.6 Å². The lowest BCUT2D eigenvalue weighted by Crippen LogP contribution is -2.31. The Hall–Kier alpha value is -1.52. The van der Waals surface area contributed by atoms with Crippen molar-refractivity contribution in [2.75, 3.05) is 12.3 Å². The van der Waals surface area contributed by atoms with Crippen LogP contribution in [0.15, 0.2) is 0 Å². The summed E-state index contributed by atoms with van der Waals surface area (Å²) in [5, 5.41) is 7.14. The number of nitrogens with one attached hydrogen (secondary N) is 1. The summed E-state index contributed by atoms with van der Waals surface area (Å²) in [4.78, 5) is 11.8. The van der Waals surface area contributed by atoms with Gasteiger partial charge in [0.1, 0.15) is 6.54 Å². The van der Waals surface area contributed by atoms with Crippen molar-refractivity contribution < 1.29 is 4.79 Å². The van der Waals surface area contributed by atoms with Gasteiger partial charge in [0.25, 0.3) is 0 Å². The Kier molecular flexibility index (Phi) is 4.38. The fraction of sp³-hybridized carbons (Fsp3) is 0.692. The van der Waals surface area contributed by atoms with Crippen LogP contribution in [0.4, 0.5) is 5.69 Å². The second kappa shape index (κ2) is 5.42. The number of aryl methyl sites for hydroxylation is 1. The molecule has 102 valence electrons. The first-order valence-corrected chi connectivity index (χ1v) is 6.27. The van der Waals surface area contributed by atoms with Crippen LogP contribution in [0.2, 0.25) is 0 Å². The quantitative estimate of drug-likeness (QED) is 0.855. The molecule has 1 amide bonds. The van der Waals surface area contributed by atoms with Crippen LogP contribution in [0.1, 0.15) is 38.6 Å². The number of carbonyl (C=O) groups is 1. The lowest BCUT2D eigenvalue weighted by molar-refractivity contribution is -0.121. The molecule has 1 aromatic heterocycles. The number of hydrogen-bond acceptors (Lipinski definition) is 3. The van der Waals surface area contributed by atoms with Gasteiger partial charge in [-0.25, -0.2) is 0 Å². The molecule has 0 spiro atoms. The third-order valence-corrected chi connectivity index (χ3v) is 2.93. The van der Waals surface area contributed by atoms with Crippen molar-refractivity contribution in [3.05, 3.63) is 11.4 Å². The molecule has 0 aliphatic rings. The first-order valence-electron chi connectivity index (χ1n) is 6.27. The molecule has 0 aliphatic carbocycles. The van der Waals surface area contributed by atoms with Gasteiger partial charge in [-0.05, 0) is 25.7 Å². The third kappa shape index (κ3) is 4.05. The summed E-state index contributed by atoms with van der Waals surface area (Å²) in [5.74, 6) is -0.0233. The van der Waals surface area contributed by atoms with Gasteiger partial charge in [-0.2, -0.15) is 5.10 Å². The van der Waals surface area contributed by atoms with Gasteiger partial charge in [0.2, 0.25) is 5.91 Å². The second-order valence-corrected chi connectivity index (χ2v) is 5.90. The predicted molar refractivity (Wildman–Crippen MR) is 73.2 cm³/mol. The van der Waals surface area contributed by atoms with E-state index in [-0.39, 0.29) is 17.9 Å². The van der Waals surface area contributed by atoms with E-state index in [0.717, 1.165) is 17.8 Å². The largest absolute Gasteiger partial charge is 0.396 e. The summed E-state index contributed by atoms with van der Waals surface area (Å²) >= 11 is 0. The van der Waals surface area contributed by atoms with E-state index < -0.39 is 0 Å². The van der Waals surface area contributed by atoms with Gasteiger partial charge < -0.3 is 11.1 Å². The maximum absolute atomic E-state index is 11.8. The Labute approximate surface area is 109 Å². The van der Waals surface area contributed by atoms with Crippen LogP contribution in [0.25, 0.3) is 0 Å². The summed E-state index contributed by atoms with van der Waals surface area (Å²) in [6.45, 7) is 11.1. The molecule has 1 heterocycles. The van der Waals surface area contributed by atoms with Crippen LogP contribution in [0.5, 0.6) is 0 Å². The van der Waals surface area contributed by atoms with Gasteiger partial charge >= 0.3 is 0 Å². The fourth-order valence-corrected chi connectivity index (χ4v) is 1.63. The average Bonchev–Trinajstić information content (AvgIpc) is 2.44. The minimum absolute atomic E-state index is 0.0233. The average molecular weight is 252 g/mol. The maximum Gasteiger partial charge on any atom is 0.241 e. The molecule has 0 atom stereocenters. The Morgan fingerprint density at radius 2 is 2.00 bits per heavy atom. The summed E-state index contributed by atoms with van der Waals surface area (Å²) in [6.07, 6.45) is 0.956. The fourth-order valence-electron chi connectivity index (χ4n) is 1.63. The number of rotatable bonds is 4. The minimum atomic E-state index is -0.0233. The SMILES string of the molecule is Cc1nn(CC(=O)NCCC(C)(C)C)c(C)c1N. The van der Waals surface area contributed by atoms with E-state index in [9.17, 15) is 4.79 Å². The van der Waals surface area contributed by atoms with Gasteiger partial charge in [-0.1, -0.05) is 20.8 Å². The van der Waals surface area contributed by atoms with Gasteiger partial charge in [0.05, 0.1) is 17.1 Å². The predicted octanol–water partition coefficient (Wildman–Crippen LogP) is 1.63. The third-order valence-electron chi connectivity index (χ3n) is 2.93. The molecule has 1 aromatic rings. The second-order valence-electron chi connectivity index (χ2n) is 5.90. The number of carbonyl (C=O) groups excluding carboxylic acids is 1. The van der Waals surface area contributed by atoms with Crippen LogP contribution >= 0.6 is 0 Å². The minimum Gasteiger partial charge on any atom is -0.396 e. The number of anilines is 1. The zero-order chi connectivity index (χ0) is 13.9. The van der Waals surface area contributed by atoms with Crippen molar-refractivity contribution >= 4 is 11.6 Å². The zero-order valence-electron chi connectivity index (χ0n) is 12.0. The molecule has 0 aromatic carbocycles. The number of nitrogens with zero attached hydrogens (tertiary/aromatic N) is 2. The molecule has 5 nitrogen and oxygen atoms in total. The van der Waals surface area contributed by atoms with E-state index in [1.807, 2.05) is 13.8 Å². The highest BCUT2D eigenvalue weighted by Crippen LogP contribution is 2.17. The van der Waals surface area contributed by atoms with Crippen molar-refractivity contribution in [3.8, 4) is 0 Å². The van der Waals surface area contributed by atoms with Gasteiger partial charge in [0, 0.05) is 6.54 Å². The van der Waals surface area contributed by atoms with Crippen molar-refractivity contribution in [3.63, 3.8) is 0 Å². The number of nitrogens with two attached hydrogens (primary N) is 1. The molecule has 0 aliphatic heterocycles. The molecule has 0 fully saturated rings. The van der Waals surface area contributed by atoms with Gasteiger partial charge in [-0.15, -0.1) is 0 Å². The molecule has 0 saturated heterocycles. The summed E-state index contributed by atoms with van der Waals surface area (Å²) < 4.78 is 1.65. The molecule has 0 saturated carbocycles. The maximum atomic E-state index is 11.8. The number of aromatic nitrogens is 2. The van der Waals surface area contributed by atoms with E-state index in [2.05, 4.69) is 31.2 Å². The Morgan fingerprint density at radius 1 is 1.39 bits per heavy atom. The topological polar surface area (TPSA) is 72.9 Å². The van der Waals surface area contributed by atoms with Gasteiger partial charge in [0.15, 0.2) is 0 Å². The summed E-state index contributed by atoms with van der Waals surface area (Å²) in [7, 11) is 0. The first-order chi connectivity index (χ1) is 8.20. The van der Waals surface area contributed by atoms with Crippen LogP contribution in [-0.4, -0.2) is 22.2 Å². The van der Waals surface area contributed by atoms with Crippen molar-refractivity contribution in [1.29, 1.82) is 0 Å². The molecule has 1 rings (SSSR count). The zero-order valence-corrected chi connectivity index (χ0v) is 12.0. The van der Waals surface area contributed by atoms with Crippen LogP contribution in [0.3, 0.4) is 0 Å². The van der Waals surface area contributed by atoms with E-state index in [0.29, 0.717) is 12.2 Å². The molecule has 0 unspecified atom stereocenters. The standard InChI is InChI=1S/C13H24N4O/c1-9-12(14)10(2)17(16-9)8-11(18)15-7-6-13(3,4)5/h6-8,14H2,1-5H3,(H,15,18). The van der Waals surface area contributed by atoms with Crippen LogP contribution in [-0.2, 0) is 11.3 Å². The highest BCUT2D eigenvalue weighted by Gasteiger charge is 2.13. The van der Waals surface area contributed by atoms with Crippen LogP contribution in [0, 0.1) is 19.3 Å². The first kappa shape index (κ1) is 14.5. The van der Waals surface area contributed by atoms with E-state index in [4.69, 9.17) is 5.73 Å². The molecule has 5 heteroatoms. The molecule has 0 bridgehead atoms.